The van der Waals surface area contributed by atoms with Crippen LogP contribution in [0.2, 0.25) is 0 Å². The monoisotopic (exact) mass is 373 g/mol. The van der Waals surface area contributed by atoms with E-state index < -0.39 is 14.8 Å². The lowest BCUT2D eigenvalue weighted by molar-refractivity contribution is -0.383. The quantitative estimate of drug-likeness (QED) is 0.414. The summed E-state index contributed by atoms with van der Waals surface area (Å²) in [6, 6.07) is 9.86. The van der Waals surface area contributed by atoms with Gasteiger partial charge in [-0.3, -0.25) is 15.1 Å². The van der Waals surface area contributed by atoms with Gasteiger partial charge in [0.2, 0.25) is 9.84 Å². The lowest BCUT2D eigenvalue weighted by Gasteiger charge is -2.13. The van der Waals surface area contributed by atoms with E-state index in [1.165, 1.54) is 36.5 Å². The van der Waals surface area contributed by atoms with Crippen LogP contribution in [-0.4, -0.2) is 24.9 Å². The lowest BCUT2D eigenvalue weighted by atomic mass is 10.1. The van der Waals surface area contributed by atoms with Gasteiger partial charge in [-0.1, -0.05) is 12.1 Å². The molecule has 0 amide bonds. The highest BCUT2D eigenvalue weighted by Crippen LogP contribution is 2.38. The topological polar surface area (TPSA) is 125 Å². The lowest BCUT2D eigenvalue weighted by Crippen LogP contribution is -2.08. The Morgan fingerprint density at radius 2 is 1.88 bits per heavy atom. The number of hydrogen-bond donors (Lipinski definition) is 1. The van der Waals surface area contributed by atoms with Crippen LogP contribution in [0.1, 0.15) is 6.92 Å². The van der Waals surface area contributed by atoms with E-state index in [9.17, 15) is 18.5 Å². The van der Waals surface area contributed by atoms with Gasteiger partial charge >= 0.3 is 0 Å². The van der Waals surface area contributed by atoms with E-state index in [1.54, 1.807) is 19.1 Å². The number of nitrogens with zero attached hydrogens (tertiary/aromatic N) is 2. The van der Waals surface area contributed by atoms with Crippen molar-refractivity contribution in [3.05, 3.63) is 58.8 Å². The smallest absolute Gasteiger partial charge is 0.280 e. The van der Waals surface area contributed by atoms with Crippen molar-refractivity contribution in [3.8, 4) is 5.75 Å². The summed E-state index contributed by atoms with van der Waals surface area (Å²) in [6.07, 6.45) is 1.26. The fourth-order valence-corrected chi connectivity index (χ4v) is 4.28. The first-order valence-electron chi connectivity index (χ1n) is 7.66. The Bertz CT molecular complexity index is 1110. The number of para-hydroxylation sites is 1. The Morgan fingerprint density at radius 1 is 1.15 bits per heavy atom. The second-order valence-corrected chi connectivity index (χ2v) is 7.23. The first kappa shape index (κ1) is 17.6. The number of nitro benzene ring substituents is 1. The highest BCUT2D eigenvalue weighted by Gasteiger charge is 2.29. The van der Waals surface area contributed by atoms with E-state index in [0.717, 1.165) is 0 Å². The number of non-ortho nitro benzene ring substituents is 1. The normalized spacial score (nSPS) is 11.4. The van der Waals surface area contributed by atoms with Crippen LogP contribution >= 0.6 is 0 Å². The maximum absolute atomic E-state index is 13.3. The van der Waals surface area contributed by atoms with E-state index in [-0.39, 0.29) is 44.4 Å². The molecule has 26 heavy (non-hydrogen) atoms. The van der Waals surface area contributed by atoms with Gasteiger partial charge in [0.05, 0.1) is 27.5 Å². The molecule has 2 aromatic carbocycles. The first-order chi connectivity index (χ1) is 12.4. The molecular weight excluding hydrogens is 358 g/mol. The number of nitrogen functional groups attached to an aromatic ring is 1. The summed E-state index contributed by atoms with van der Waals surface area (Å²) in [7, 11) is -4.12. The zero-order valence-corrected chi connectivity index (χ0v) is 14.6. The zero-order valence-electron chi connectivity index (χ0n) is 13.7. The molecule has 0 aliphatic heterocycles. The number of pyridine rings is 1. The second kappa shape index (κ2) is 6.60. The molecule has 0 bridgehead atoms. The van der Waals surface area contributed by atoms with E-state index in [0.29, 0.717) is 0 Å². The van der Waals surface area contributed by atoms with Crippen molar-refractivity contribution < 1.29 is 18.1 Å². The second-order valence-electron chi connectivity index (χ2n) is 5.35. The SMILES string of the molecule is CCOc1ccccc1S(=O)(=O)c1ccnc2c(N)ccc([N+](=O)[O-])c12. The van der Waals surface area contributed by atoms with Gasteiger partial charge in [0.25, 0.3) is 5.69 Å². The number of ether oxygens (including phenoxy) is 1. The van der Waals surface area contributed by atoms with Crippen LogP contribution in [0.25, 0.3) is 10.9 Å². The van der Waals surface area contributed by atoms with Gasteiger partial charge in [-0.25, -0.2) is 8.42 Å². The van der Waals surface area contributed by atoms with Crippen LogP contribution in [0, 0.1) is 10.1 Å². The predicted molar refractivity (Wildman–Crippen MR) is 95.9 cm³/mol. The number of fused-ring (bicyclic) bond motifs is 1. The molecule has 9 heteroatoms. The van der Waals surface area contributed by atoms with Crippen molar-refractivity contribution in [2.75, 3.05) is 12.3 Å². The van der Waals surface area contributed by atoms with Crippen LogP contribution in [-0.2, 0) is 9.84 Å². The molecule has 0 radical (unpaired) electrons. The number of nitro groups is 1. The summed E-state index contributed by atoms with van der Waals surface area (Å²) < 4.78 is 31.9. The summed E-state index contributed by atoms with van der Waals surface area (Å²) in [5, 5.41) is 11.3. The summed E-state index contributed by atoms with van der Waals surface area (Å²) in [5.74, 6) is 0.173. The number of aromatic nitrogens is 1. The Balaban J connectivity index is 2.39. The molecule has 2 N–H and O–H groups in total. The number of sulfone groups is 1. The van der Waals surface area contributed by atoms with E-state index in [1.807, 2.05) is 0 Å². The molecule has 0 saturated carbocycles. The fraction of sp³-hybridized carbons (Fsp3) is 0.118. The Labute approximate surface area is 149 Å². The molecule has 0 fully saturated rings. The minimum absolute atomic E-state index is 0.0640. The standard InChI is InChI=1S/C17H15N3O5S/c1-2-25-13-5-3-4-6-14(13)26(23,24)15-9-10-19-17-11(18)7-8-12(16(15)17)20(21)22/h3-10H,2,18H2,1H3. The van der Waals surface area contributed by atoms with Crippen molar-refractivity contribution in [3.63, 3.8) is 0 Å². The summed E-state index contributed by atoms with van der Waals surface area (Å²) in [4.78, 5) is 14.5. The molecule has 3 rings (SSSR count). The van der Waals surface area contributed by atoms with Gasteiger partial charge in [-0.2, -0.15) is 0 Å². The number of benzene rings is 2. The molecule has 0 saturated heterocycles. The molecular formula is C17H15N3O5S. The maximum atomic E-state index is 13.3. The number of hydrogen-bond acceptors (Lipinski definition) is 7. The van der Waals surface area contributed by atoms with Crippen LogP contribution < -0.4 is 10.5 Å². The van der Waals surface area contributed by atoms with Crippen LogP contribution in [0.4, 0.5) is 11.4 Å². The minimum atomic E-state index is -4.12. The fourth-order valence-electron chi connectivity index (χ4n) is 2.68. The van der Waals surface area contributed by atoms with Crippen LogP contribution in [0.5, 0.6) is 5.75 Å². The average molecular weight is 373 g/mol. The summed E-state index contributed by atoms with van der Waals surface area (Å²) in [5.41, 5.74) is 5.69. The molecule has 3 aromatic rings. The van der Waals surface area contributed by atoms with Crippen molar-refractivity contribution >= 4 is 32.1 Å². The summed E-state index contributed by atoms with van der Waals surface area (Å²) >= 11 is 0. The largest absolute Gasteiger partial charge is 0.493 e. The van der Waals surface area contributed by atoms with E-state index in [4.69, 9.17) is 10.5 Å². The Hall–Kier alpha value is -3.20. The zero-order chi connectivity index (χ0) is 18.9. The van der Waals surface area contributed by atoms with Gasteiger partial charge in [-0.05, 0) is 31.2 Å². The molecule has 0 unspecified atom stereocenters. The van der Waals surface area contributed by atoms with Crippen molar-refractivity contribution in [2.45, 2.75) is 16.7 Å². The molecule has 134 valence electrons. The van der Waals surface area contributed by atoms with Crippen LogP contribution in [0.15, 0.2) is 58.5 Å². The summed E-state index contributed by atoms with van der Waals surface area (Å²) in [6.45, 7) is 2.01. The third kappa shape index (κ3) is 2.82. The Kier molecular flexibility index (Phi) is 4.47. The minimum Gasteiger partial charge on any atom is -0.493 e. The molecule has 0 aliphatic rings. The van der Waals surface area contributed by atoms with E-state index >= 15 is 0 Å². The average Bonchev–Trinajstić information content (AvgIpc) is 2.62. The van der Waals surface area contributed by atoms with Crippen molar-refractivity contribution in [1.82, 2.24) is 4.98 Å². The van der Waals surface area contributed by atoms with Gasteiger partial charge in [0.1, 0.15) is 16.2 Å². The predicted octanol–water partition coefficient (Wildman–Crippen LogP) is 2.96. The number of rotatable bonds is 5. The maximum Gasteiger partial charge on any atom is 0.280 e. The van der Waals surface area contributed by atoms with Gasteiger partial charge in [0, 0.05) is 12.3 Å². The highest BCUT2D eigenvalue weighted by molar-refractivity contribution is 7.91. The molecule has 1 aromatic heterocycles. The van der Waals surface area contributed by atoms with E-state index in [2.05, 4.69) is 4.98 Å². The molecule has 8 nitrogen and oxygen atoms in total. The highest BCUT2D eigenvalue weighted by atomic mass is 32.2. The van der Waals surface area contributed by atoms with Crippen molar-refractivity contribution in [2.24, 2.45) is 0 Å². The van der Waals surface area contributed by atoms with Gasteiger partial charge < -0.3 is 10.5 Å². The molecule has 0 atom stereocenters. The van der Waals surface area contributed by atoms with Gasteiger partial charge in [-0.15, -0.1) is 0 Å². The van der Waals surface area contributed by atoms with Crippen LogP contribution in [0.3, 0.4) is 0 Å². The van der Waals surface area contributed by atoms with Gasteiger partial charge in [0.15, 0.2) is 0 Å². The first-order valence-corrected chi connectivity index (χ1v) is 9.14. The number of nitrogens with two attached hydrogens (primary N) is 1. The number of anilines is 1. The Morgan fingerprint density at radius 3 is 2.58 bits per heavy atom. The third-order valence-corrected chi connectivity index (χ3v) is 5.62. The molecule has 0 aliphatic carbocycles. The molecule has 0 spiro atoms. The third-order valence-electron chi connectivity index (χ3n) is 3.79. The van der Waals surface area contributed by atoms with Crippen molar-refractivity contribution in [1.29, 1.82) is 0 Å². The molecule has 1 heterocycles.